The second kappa shape index (κ2) is 6.63. The highest BCUT2D eigenvalue weighted by Gasteiger charge is 2.32. The number of hydrogen-bond acceptors (Lipinski definition) is 5. The normalized spacial score (nSPS) is 22.5. The predicted octanol–water partition coefficient (Wildman–Crippen LogP) is 2.66. The summed E-state index contributed by atoms with van der Waals surface area (Å²) in [7, 11) is 2.03. The zero-order valence-corrected chi connectivity index (χ0v) is 14.4. The molecule has 1 aromatic heterocycles. The summed E-state index contributed by atoms with van der Waals surface area (Å²) in [6.45, 7) is 10.1. The van der Waals surface area contributed by atoms with Crippen molar-refractivity contribution in [3.8, 4) is 0 Å². The van der Waals surface area contributed by atoms with Crippen LogP contribution < -0.4 is 10.2 Å². The van der Waals surface area contributed by atoms with Gasteiger partial charge < -0.3 is 10.2 Å². The van der Waals surface area contributed by atoms with Gasteiger partial charge in [-0.1, -0.05) is 13.8 Å². The molecule has 2 heterocycles. The lowest BCUT2D eigenvalue weighted by Gasteiger charge is -2.25. The summed E-state index contributed by atoms with van der Waals surface area (Å²) in [5.41, 5.74) is 1.38. The SMILES string of the molecule is CCN(CC)C1CCN(c2nc(C3CC3)c(CNC)s2)C1. The molecule has 0 amide bonds. The molecule has 3 rings (SSSR count). The van der Waals surface area contributed by atoms with Crippen molar-refractivity contribution in [2.24, 2.45) is 0 Å². The molecule has 1 aliphatic heterocycles. The average Bonchev–Trinajstić information content (AvgIpc) is 3.07. The molecule has 5 heteroatoms. The summed E-state index contributed by atoms with van der Waals surface area (Å²) < 4.78 is 0. The first-order chi connectivity index (χ1) is 10.3. The number of hydrogen-bond donors (Lipinski definition) is 1. The van der Waals surface area contributed by atoms with Crippen molar-refractivity contribution in [3.05, 3.63) is 10.6 Å². The molecule has 1 saturated carbocycles. The molecule has 1 N–H and O–H groups in total. The minimum absolute atomic E-state index is 0.709. The lowest BCUT2D eigenvalue weighted by atomic mass is 10.2. The van der Waals surface area contributed by atoms with E-state index in [-0.39, 0.29) is 0 Å². The summed E-state index contributed by atoms with van der Waals surface area (Å²) in [6.07, 6.45) is 3.95. The Balaban J connectivity index is 1.71. The number of thiazole rings is 1. The van der Waals surface area contributed by atoms with Gasteiger partial charge >= 0.3 is 0 Å². The van der Waals surface area contributed by atoms with Gasteiger partial charge in [0.25, 0.3) is 0 Å². The molecule has 21 heavy (non-hydrogen) atoms. The number of anilines is 1. The molecular formula is C16H28N4S. The fourth-order valence-electron chi connectivity index (χ4n) is 3.40. The molecule has 1 atom stereocenters. The summed E-state index contributed by atoms with van der Waals surface area (Å²) in [4.78, 5) is 11.6. The minimum atomic E-state index is 0.709. The molecule has 1 unspecified atom stereocenters. The first kappa shape index (κ1) is 15.3. The van der Waals surface area contributed by atoms with E-state index in [4.69, 9.17) is 4.98 Å². The van der Waals surface area contributed by atoms with Crippen molar-refractivity contribution in [1.82, 2.24) is 15.2 Å². The van der Waals surface area contributed by atoms with E-state index in [1.54, 1.807) is 0 Å². The molecule has 0 aromatic carbocycles. The molecule has 2 fully saturated rings. The van der Waals surface area contributed by atoms with Gasteiger partial charge in [-0.25, -0.2) is 4.98 Å². The van der Waals surface area contributed by atoms with E-state index < -0.39 is 0 Å². The van der Waals surface area contributed by atoms with Gasteiger partial charge in [-0.2, -0.15) is 0 Å². The summed E-state index contributed by atoms with van der Waals surface area (Å²) >= 11 is 1.91. The van der Waals surface area contributed by atoms with Gasteiger partial charge in [-0.05, 0) is 39.4 Å². The fraction of sp³-hybridized carbons (Fsp3) is 0.812. The zero-order chi connectivity index (χ0) is 14.8. The van der Waals surface area contributed by atoms with Gasteiger partial charge in [0.05, 0.1) is 5.69 Å². The third kappa shape index (κ3) is 3.25. The topological polar surface area (TPSA) is 31.4 Å². The van der Waals surface area contributed by atoms with E-state index in [9.17, 15) is 0 Å². The summed E-state index contributed by atoms with van der Waals surface area (Å²) in [6, 6.07) is 0.709. The monoisotopic (exact) mass is 308 g/mol. The molecule has 2 aliphatic rings. The molecule has 1 aromatic rings. The molecule has 0 spiro atoms. The molecule has 1 aliphatic carbocycles. The molecule has 0 bridgehead atoms. The first-order valence-corrected chi connectivity index (χ1v) is 9.21. The lowest BCUT2D eigenvalue weighted by Crippen LogP contribution is -2.37. The van der Waals surface area contributed by atoms with E-state index in [0.717, 1.165) is 38.6 Å². The van der Waals surface area contributed by atoms with Gasteiger partial charge in [0.15, 0.2) is 5.13 Å². The Hall–Kier alpha value is -0.650. The second-order valence-corrected chi connectivity index (χ2v) is 7.28. The van der Waals surface area contributed by atoms with Crippen molar-refractivity contribution >= 4 is 16.5 Å². The largest absolute Gasteiger partial charge is 0.346 e. The van der Waals surface area contributed by atoms with Gasteiger partial charge in [0.2, 0.25) is 0 Å². The summed E-state index contributed by atoms with van der Waals surface area (Å²) in [5.74, 6) is 0.750. The molecule has 4 nitrogen and oxygen atoms in total. The van der Waals surface area contributed by atoms with Crippen LogP contribution >= 0.6 is 11.3 Å². The van der Waals surface area contributed by atoms with Crippen LogP contribution in [0.1, 0.15) is 49.6 Å². The molecule has 118 valence electrons. The van der Waals surface area contributed by atoms with Gasteiger partial charge in [-0.3, -0.25) is 4.90 Å². The highest BCUT2D eigenvalue weighted by molar-refractivity contribution is 7.15. The Morgan fingerprint density at radius 2 is 2.05 bits per heavy atom. The quantitative estimate of drug-likeness (QED) is 0.839. The van der Waals surface area contributed by atoms with Crippen LogP contribution in [0.2, 0.25) is 0 Å². The van der Waals surface area contributed by atoms with Crippen molar-refractivity contribution in [3.63, 3.8) is 0 Å². The lowest BCUT2D eigenvalue weighted by molar-refractivity contribution is 0.232. The number of nitrogens with zero attached hydrogens (tertiary/aromatic N) is 3. The van der Waals surface area contributed by atoms with Crippen molar-refractivity contribution < 1.29 is 0 Å². The van der Waals surface area contributed by atoms with Crippen LogP contribution in [-0.4, -0.2) is 49.2 Å². The van der Waals surface area contributed by atoms with Crippen molar-refractivity contribution in [2.75, 3.05) is 38.1 Å². The van der Waals surface area contributed by atoms with E-state index in [2.05, 4.69) is 29.0 Å². The maximum Gasteiger partial charge on any atom is 0.185 e. The van der Waals surface area contributed by atoms with Crippen LogP contribution in [0, 0.1) is 0 Å². The average molecular weight is 308 g/mol. The third-order valence-corrected chi connectivity index (χ3v) is 5.91. The Labute approximate surface area is 132 Å². The van der Waals surface area contributed by atoms with E-state index in [1.807, 2.05) is 18.4 Å². The number of likely N-dealkylation sites (N-methyl/N-ethyl adjacent to an activating group) is 1. The minimum Gasteiger partial charge on any atom is -0.346 e. The van der Waals surface area contributed by atoms with Crippen LogP contribution in [-0.2, 0) is 6.54 Å². The smallest absolute Gasteiger partial charge is 0.185 e. The summed E-state index contributed by atoms with van der Waals surface area (Å²) in [5, 5.41) is 4.56. The number of rotatable bonds is 7. The van der Waals surface area contributed by atoms with Crippen LogP contribution in [0.25, 0.3) is 0 Å². The fourth-order valence-corrected chi connectivity index (χ4v) is 4.60. The standard InChI is InChI=1S/C16H28N4S/c1-4-19(5-2)13-8-9-20(11-13)16-18-15(12-6-7-12)14(21-16)10-17-3/h12-13,17H,4-11H2,1-3H3. The Morgan fingerprint density at radius 3 is 2.67 bits per heavy atom. The number of aromatic nitrogens is 1. The second-order valence-electron chi connectivity index (χ2n) is 6.22. The van der Waals surface area contributed by atoms with E-state index in [1.165, 1.54) is 35.0 Å². The van der Waals surface area contributed by atoms with Crippen LogP contribution in [0.15, 0.2) is 0 Å². The molecule has 1 saturated heterocycles. The highest BCUT2D eigenvalue weighted by Crippen LogP contribution is 2.44. The van der Waals surface area contributed by atoms with Gasteiger partial charge in [0.1, 0.15) is 0 Å². The van der Waals surface area contributed by atoms with E-state index >= 15 is 0 Å². The van der Waals surface area contributed by atoms with Gasteiger partial charge in [-0.15, -0.1) is 11.3 Å². The van der Waals surface area contributed by atoms with E-state index in [0.29, 0.717) is 6.04 Å². The van der Waals surface area contributed by atoms with Crippen molar-refractivity contribution in [2.45, 2.75) is 51.6 Å². The van der Waals surface area contributed by atoms with Gasteiger partial charge in [0, 0.05) is 36.5 Å². The Morgan fingerprint density at radius 1 is 1.29 bits per heavy atom. The van der Waals surface area contributed by atoms with Crippen LogP contribution in [0.5, 0.6) is 0 Å². The highest BCUT2D eigenvalue weighted by atomic mass is 32.1. The van der Waals surface area contributed by atoms with Crippen LogP contribution in [0.3, 0.4) is 0 Å². The zero-order valence-electron chi connectivity index (χ0n) is 13.6. The maximum atomic E-state index is 5.00. The molecular weight excluding hydrogens is 280 g/mol. The Kier molecular flexibility index (Phi) is 4.82. The Bertz CT molecular complexity index is 465. The maximum absolute atomic E-state index is 5.00. The number of nitrogens with one attached hydrogen (secondary N) is 1. The third-order valence-electron chi connectivity index (χ3n) is 4.78. The van der Waals surface area contributed by atoms with Crippen LogP contribution in [0.4, 0.5) is 5.13 Å². The first-order valence-electron chi connectivity index (χ1n) is 8.40. The predicted molar refractivity (Wildman–Crippen MR) is 90.4 cm³/mol. The molecule has 0 radical (unpaired) electrons. The van der Waals surface area contributed by atoms with Crippen molar-refractivity contribution in [1.29, 1.82) is 0 Å².